The molecule has 1 aromatic heterocycles. The molecule has 1 aliphatic rings. The van der Waals surface area contributed by atoms with Crippen LogP contribution in [0, 0.1) is 0 Å². The lowest BCUT2D eigenvalue weighted by Gasteiger charge is -2.23. The lowest BCUT2D eigenvalue weighted by Crippen LogP contribution is -2.20. The highest BCUT2D eigenvalue weighted by Crippen LogP contribution is 2.34. The van der Waals surface area contributed by atoms with Crippen molar-refractivity contribution in [1.82, 2.24) is 4.98 Å². The molecule has 0 spiro atoms. The third-order valence-electron chi connectivity index (χ3n) is 3.85. The summed E-state index contributed by atoms with van der Waals surface area (Å²) >= 11 is 0. The number of aliphatic hydroxyl groups excluding tert-OH is 2. The molecule has 0 aliphatic heterocycles. The van der Waals surface area contributed by atoms with Crippen molar-refractivity contribution in [1.29, 1.82) is 0 Å². The van der Waals surface area contributed by atoms with Gasteiger partial charge in [0.15, 0.2) is 0 Å². The normalized spacial score (nSPS) is 21.3. The molecule has 98 valence electrons. The molecule has 4 rings (SSSR count). The van der Waals surface area contributed by atoms with Crippen molar-refractivity contribution in [3.8, 4) is 0 Å². The number of para-hydroxylation sites is 1. The van der Waals surface area contributed by atoms with Crippen molar-refractivity contribution in [2.24, 2.45) is 0 Å². The number of hydrogen-bond donors (Lipinski definition) is 2. The van der Waals surface area contributed by atoms with Crippen LogP contribution in [-0.2, 0) is 0 Å². The molecular formula is C17H13NO2. The molecule has 0 fully saturated rings. The molecule has 1 aliphatic carbocycles. The Morgan fingerprint density at radius 2 is 1.80 bits per heavy atom. The Labute approximate surface area is 115 Å². The first kappa shape index (κ1) is 11.6. The van der Waals surface area contributed by atoms with Crippen LogP contribution in [0.25, 0.3) is 27.9 Å². The van der Waals surface area contributed by atoms with E-state index in [1.54, 1.807) is 6.08 Å². The Balaban J connectivity index is 2.12. The average Bonchev–Trinajstić information content (AvgIpc) is 2.48. The van der Waals surface area contributed by atoms with E-state index >= 15 is 0 Å². The Hall–Kier alpha value is -2.23. The zero-order valence-corrected chi connectivity index (χ0v) is 10.7. The van der Waals surface area contributed by atoms with Crippen LogP contribution < -0.4 is 0 Å². The molecule has 0 saturated heterocycles. The molecule has 1 heterocycles. The van der Waals surface area contributed by atoms with E-state index in [2.05, 4.69) is 11.1 Å². The lowest BCUT2D eigenvalue weighted by atomic mass is 9.90. The van der Waals surface area contributed by atoms with E-state index in [9.17, 15) is 10.2 Å². The fourth-order valence-corrected chi connectivity index (χ4v) is 2.82. The van der Waals surface area contributed by atoms with E-state index in [0.29, 0.717) is 5.56 Å². The average molecular weight is 263 g/mol. The van der Waals surface area contributed by atoms with Crippen LogP contribution in [0.5, 0.6) is 0 Å². The molecule has 20 heavy (non-hydrogen) atoms. The Morgan fingerprint density at radius 1 is 0.950 bits per heavy atom. The third-order valence-corrected chi connectivity index (χ3v) is 3.85. The van der Waals surface area contributed by atoms with Gasteiger partial charge in [-0.25, -0.2) is 4.98 Å². The van der Waals surface area contributed by atoms with Crippen LogP contribution in [0.3, 0.4) is 0 Å². The smallest absolute Gasteiger partial charge is 0.111 e. The van der Waals surface area contributed by atoms with Crippen LogP contribution in [0.1, 0.15) is 17.2 Å². The van der Waals surface area contributed by atoms with E-state index in [-0.39, 0.29) is 0 Å². The number of pyridine rings is 1. The highest BCUT2D eigenvalue weighted by atomic mass is 16.3. The van der Waals surface area contributed by atoms with Gasteiger partial charge in [-0.2, -0.15) is 0 Å². The standard InChI is InChI=1S/C17H13NO2/c19-14-8-7-10-5-6-12-9-11-3-1-2-4-13(11)18-16(12)15(10)17(14)20/h1-9,14,17,19-20H. The fourth-order valence-electron chi connectivity index (χ4n) is 2.82. The van der Waals surface area contributed by atoms with Gasteiger partial charge in [-0.3, -0.25) is 0 Å². The molecular weight excluding hydrogens is 250 g/mol. The van der Waals surface area contributed by atoms with Crippen molar-refractivity contribution in [2.75, 3.05) is 0 Å². The van der Waals surface area contributed by atoms with Gasteiger partial charge in [-0.05, 0) is 17.7 Å². The van der Waals surface area contributed by atoms with E-state index in [1.165, 1.54) is 0 Å². The summed E-state index contributed by atoms with van der Waals surface area (Å²) in [6.45, 7) is 0. The second-order valence-electron chi connectivity index (χ2n) is 5.12. The zero-order valence-electron chi connectivity index (χ0n) is 10.7. The number of hydrogen-bond acceptors (Lipinski definition) is 3. The molecule has 3 nitrogen and oxygen atoms in total. The Morgan fingerprint density at radius 3 is 2.70 bits per heavy atom. The number of rotatable bonds is 0. The first-order valence-corrected chi connectivity index (χ1v) is 6.61. The van der Waals surface area contributed by atoms with Crippen LogP contribution in [-0.4, -0.2) is 21.3 Å². The molecule has 0 bridgehead atoms. The number of aliphatic hydroxyl groups is 2. The van der Waals surface area contributed by atoms with Crippen molar-refractivity contribution in [2.45, 2.75) is 12.2 Å². The van der Waals surface area contributed by atoms with Crippen LogP contribution in [0.4, 0.5) is 0 Å². The number of fused-ring (bicyclic) bond motifs is 4. The van der Waals surface area contributed by atoms with Crippen molar-refractivity contribution in [3.05, 3.63) is 59.7 Å². The second kappa shape index (κ2) is 4.13. The van der Waals surface area contributed by atoms with E-state index in [4.69, 9.17) is 0 Å². The van der Waals surface area contributed by atoms with Crippen molar-refractivity contribution >= 4 is 27.9 Å². The third kappa shape index (κ3) is 1.57. The van der Waals surface area contributed by atoms with Crippen LogP contribution in [0.2, 0.25) is 0 Å². The molecule has 3 aromatic rings. The SMILES string of the molecule is OC1C=Cc2ccc3cc4ccccc4nc3c2C1O. The Kier molecular flexibility index (Phi) is 2.39. The maximum absolute atomic E-state index is 10.3. The summed E-state index contributed by atoms with van der Waals surface area (Å²) in [4.78, 5) is 4.67. The van der Waals surface area contributed by atoms with Gasteiger partial charge in [-0.15, -0.1) is 0 Å². The largest absolute Gasteiger partial charge is 0.386 e. The second-order valence-corrected chi connectivity index (χ2v) is 5.12. The highest BCUT2D eigenvalue weighted by molar-refractivity contribution is 5.95. The summed E-state index contributed by atoms with van der Waals surface area (Å²) in [6.07, 6.45) is 1.65. The number of benzene rings is 2. The first-order valence-electron chi connectivity index (χ1n) is 6.61. The summed E-state index contributed by atoms with van der Waals surface area (Å²) in [5.41, 5.74) is 3.28. The molecule has 2 atom stereocenters. The maximum atomic E-state index is 10.3. The Bertz CT molecular complexity index is 854. The molecule has 2 N–H and O–H groups in total. The van der Waals surface area contributed by atoms with Crippen LogP contribution in [0.15, 0.2) is 48.5 Å². The van der Waals surface area contributed by atoms with Gasteiger partial charge in [-0.1, -0.05) is 42.5 Å². The fraction of sp³-hybridized carbons (Fsp3) is 0.118. The predicted molar refractivity (Wildman–Crippen MR) is 79.2 cm³/mol. The highest BCUT2D eigenvalue weighted by Gasteiger charge is 2.25. The van der Waals surface area contributed by atoms with E-state index < -0.39 is 12.2 Å². The molecule has 2 unspecified atom stereocenters. The minimum Gasteiger partial charge on any atom is -0.386 e. The molecule has 0 amide bonds. The van der Waals surface area contributed by atoms with Gasteiger partial charge in [0.05, 0.1) is 11.0 Å². The summed E-state index contributed by atoms with van der Waals surface area (Å²) in [5, 5.41) is 22.1. The van der Waals surface area contributed by atoms with E-state index in [0.717, 1.165) is 27.4 Å². The molecule has 2 aromatic carbocycles. The van der Waals surface area contributed by atoms with Gasteiger partial charge in [0, 0.05) is 16.3 Å². The molecule has 0 radical (unpaired) electrons. The summed E-state index contributed by atoms with van der Waals surface area (Å²) in [7, 11) is 0. The van der Waals surface area contributed by atoms with Gasteiger partial charge in [0.2, 0.25) is 0 Å². The van der Waals surface area contributed by atoms with Crippen LogP contribution >= 0.6 is 0 Å². The van der Waals surface area contributed by atoms with Gasteiger partial charge >= 0.3 is 0 Å². The molecule has 3 heteroatoms. The maximum Gasteiger partial charge on any atom is 0.111 e. The number of nitrogens with zero attached hydrogens (tertiary/aromatic N) is 1. The monoisotopic (exact) mass is 263 g/mol. The van der Waals surface area contributed by atoms with Crippen molar-refractivity contribution in [3.63, 3.8) is 0 Å². The minimum atomic E-state index is -0.924. The van der Waals surface area contributed by atoms with Gasteiger partial charge in [0.1, 0.15) is 12.2 Å². The number of aromatic nitrogens is 1. The summed E-state index contributed by atoms with van der Waals surface area (Å²) < 4.78 is 0. The van der Waals surface area contributed by atoms with E-state index in [1.807, 2.05) is 42.5 Å². The van der Waals surface area contributed by atoms with Gasteiger partial charge < -0.3 is 10.2 Å². The summed E-state index contributed by atoms with van der Waals surface area (Å²) in [5.74, 6) is 0. The zero-order chi connectivity index (χ0) is 13.7. The summed E-state index contributed by atoms with van der Waals surface area (Å²) in [6, 6.07) is 13.9. The van der Waals surface area contributed by atoms with Gasteiger partial charge in [0.25, 0.3) is 0 Å². The predicted octanol–water partition coefficient (Wildman–Crippen LogP) is 2.81. The lowest BCUT2D eigenvalue weighted by molar-refractivity contribution is 0.0479. The quantitative estimate of drug-likeness (QED) is 0.613. The van der Waals surface area contributed by atoms with Crippen molar-refractivity contribution < 1.29 is 10.2 Å². The topological polar surface area (TPSA) is 53.4 Å². The first-order chi connectivity index (χ1) is 9.74. The minimum absolute atomic E-state index is 0.711. The molecule has 0 saturated carbocycles.